The molecule has 4 aromatic rings. The molecule has 0 radical (unpaired) electrons. The van der Waals surface area contributed by atoms with E-state index in [0.29, 0.717) is 16.9 Å². The molecular formula is C15H11N7O3. The van der Waals surface area contributed by atoms with Gasteiger partial charge in [-0.05, 0) is 12.1 Å². The number of aromatic nitrogens is 6. The van der Waals surface area contributed by atoms with Gasteiger partial charge in [0.15, 0.2) is 11.4 Å². The van der Waals surface area contributed by atoms with E-state index in [1.807, 2.05) is 0 Å². The molecule has 3 heterocycles. The summed E-state index contributed by atoms with van der Waals surface area (Å²) in [5, 5.41) is 6.58. The van der Waals surface area contributed by atoms with Crippen LogP contribution in [0.2, 0.25) is 0 Å². The van der Waals surface area contributed by atoms with Crippen LogP contribution >= 0.6 is 0 Å². The van der Waals surface area contributed by atoms with Crippen LogP contribution in [0.1, 0.15) is 0 Å². The van der Waals surface area contributed by atoms with Crippen LogP contribution in [0.4, 0.5) is 5.82 Å². The second kappa shape index (κ2) is 6.00. The van der Waals surface area contributed by atoms with E-state index in [0.717, 1.165) is 0 Å². The molecular weight excluding hydrogens is 326 g/mol. The zero-order valence-electron chi connectivity index (χ0n) is 12.7. The molecule has 0 fully saturated rings. The fourth-order valence-electron chi connectivity index (χ4n) is 2.36. The van der Waals surface area contributed by atoms with E-state index in [4.69, 9.17) is 4.42 Å². The zero-order chi connectivity index (χ0) is 17.2. The summed E-state index contributed by atoms with van der Waals surface area (Å²) in [6.07, 6.45) is 4.15. The summed E-state index contributed by atoms with van der Waals surface area (Å²) < 4.78 is 7.79. The van der Waals surface area contributed by atoms with Gasteiger partial charge in [0.1, 0.15) is 31.3 Å². The van der Waals surface area contributed by atoms with Gasteiger partial charge in [-0.25, -0.2) is 24.4 Å². The monoisotopic (exact) mass is 337 g/mol. The van der Waals surface area contributed by atoms with Gasteiger partial charge in [-0.15, -0.1) is 0 Å². The Labute approximate surface area is 139 Å². The maximum atomic E-state index is 12.3. The first-order chi connectivity index (χ1) is 12.2. The lowest BCUT2D eigenvalue weighted by Crippen LogP contribution is -2.25. The number of fused-ring (bicyclic) bond motifs is 1. The smallest absolute Gasteiger partial charge is 0.408 e. The molecule has 0 aliphatic heterocycles. The Balaban J connectivity index is 1.55. The topological polar surface area (TPSA) is 121 Å². The van der Waals surface area contributed by atoms with Crippen LogP contribution < -0.4 is 11.1 Å². The van der Waals surface area contributed by atoms with Crippen LogP contribution in [0.15, 0.2) is 58.5 Å². The predicted molar refractivity (Wildman–Crippen MR) is 86.1 cm³/mol. The molecule has 0 saturated heterocycles. The highest BCUT2D eigenvalue weighted by atomic mass is 16.4. The highest BCUT2D eigenvalue weighted by Crippen LogP contribution is 2.12. The number of amides is 1. The molecule has 124 valence electrons. The number of benzene rings is 1. The molecule has 0 atom stereocenters. The van der Waals surface area contributed by atoms with Crippen LogP contribution in [0.25, 0.3) is 16.9 Å². The molecule has 0 unspecified atom stereocenters. The molecule has 1 amide bonds. The third kappa shape index (κ3) is 2.87. The van der Waals surface area contributed by atoms with Gasteiger partial charge >= 0.3 is 5.76 Å². The third-order valence-corrected chi connectivity index (χ3v) is 3.45. The first-order valence-electron chi connectivity index (χ1n) is 7.26. The second-order valence-electron chi connectivity index (χ2n) is 5.07. The molecule has 3 aromatic heterocycles. The van der Waals surface area contributed by atoms with Gasteiger partial charge in [-0.1, -0.05) is 12.1 Å². The van der Waals surface area contributed by atoms with Gasteiger partial charge in [0.2, 0.25) is 5.91 Å². The molecule has 25 heavy (non-hydrogen) atoms. The van der Waals surface area contributed by atoms with Crippen LogP contribution in [-0.4, -0.2) is 35.2 Å². The average Bonchev–Trinajstić information content (AvgIpc) is 3.24. The number of nitrogens with one attached hydrogen (secondary N) is 1. The Bertz CT molecular complexity index is 1100. The quantitative estimate of drug-likeness (QED) is 0.579. The van der Waals surface area contributed by atoms with Gasteiger partial charge in [0.25, 0.3) is 0 Å². The minimum atomic E-state index is -0.595. The number of anilines is 1. The number of carbonyl (C=O) groups excluding carboxylic acids is 1. The normalized spacial score (nSPS) is 10.9. The number of carbonyl (C=O) groups is 1. The van der Waals surface area contributed by atoms with Crippen LogP contribution in [0.5, 0.6) is 0 Å². The fourth-order valence-corrected chi connectivity index (χ4v) is 2.36. The van der Waals surface area contributed by atoms with Crippen molar-refractivity contribution < 1.29 is 9.21 Å². The summed E-state index contributed by atoms with van der Waals surface area (Å²) >= 11 is 0. The number of rotatable bonds is 4. The van der Waals surface area contributed by atoms with Crippen molar-refractivity contribution >= 4 is 22.8 Å². The van der Waals surface area contributed by atoms with E-state index in [1.165, 1.54) is 28.2 Å². The van der Waals surface area contributed by atoms with Crippen molar-refractivity contribution in [1.29, 1.82) is 0 Å². The Kier molecular flexibility index (Phi) is 3.54. The first kappa shape index (κ1) is 14.8. The van der Waals surface area contributed by atoms with Crippen LogP contribution in [0, 0.1) is 0 Å². The molecule has 10 heteroatoms. The van der Waals surface area contributed by atoms with Gasteiger partial charge in [-0.3, -0.25) is 9.36 Å². The van der Waals surface area contributed by atoms with E-state index in [1.54, 1.807) is 30.3 Å². The lowest BCUT2D eigenvalue weighted by molar-refractivity contribution is -0.116. The lowest BCUT2D eigenvalue weighted by Gasteiger charge is -2.06. The number of nitrogens with zero attached hydrogens (tertiary/aromatic N) is 6. The summed E-state index contributed by atoms with van der Waals surface area (Å²) in [5.41, 5.74) is 0.976. The number of hydrogen-bond acceptors (Lipinski definition) is 7. The van der Waals surface area contributed by atoms with Crippen LogP contribution in [0.3, 0.4) is 0 Å². The van der Waals surface area contributed by atoms with Gasteiger partial charge in [0.05, 0.1) is 5.52 Å². The van der Waals surface area contributed by atoms with Crippen molar-refractivity contribution in [2.75, 3.05) is 5.32 Å². The van der Waals surface area contributed by atoms with E-state index in [2.05, 4.69) is 25.4 Å². The average molecular weight is 337 g/mol. The van der Waals surface area contributed by atoms with Crippen molar-refractivity contribution in [2.24, 2.45) is 0 Å². The molecule has 1 aromatic carbocycles. The Morgan fingerprint density at radius 3 is 2.92 bits per heavy atom. The Morgan fingerprint density at radius 2 is 2.08 bits per heavy atom. The van der Waals surface area contributed by atoms with E-state index >= 15 is 0 Å². The fraction of sp³-hybridized carbons (Fsp3) is 0.0667. The SMILES string of the molecule is O=C(Cn1c(=O)oc2ccccc21)Nc1cc(-n2cncn2)ncn1. The van der Waals surface area contributed by atoms with Gasteiger partial charge < -0.3 is 9.73 Å². The standard InChI is InChI=1S/C15H11N7O3/c23-14(6-21-10-3-1-2-4-11(10)25-15(21)24)20-12-5-13(18-8-17-12)22-9-16-7-19-22/h1-5,7-9H,6H2,(H,17,18,20,23). The molecule has 10 nitrogen and oxygen atoms in total. The lowest BCUT2D eigenvalue weighted by atomic mass is 10.3. The third-order valence-electron chi connectivity index (χ3n) is 3.45. The Morgan fingerprint density at radius 1 is 1.20 bits per heavy atom. The summed E-state index contributed by atoms with van der Waals surface area (Å²) in [4.78, 5) is 36.0. The highest BCUT2D eigenvalue weighted by Gasteiger charge is 2.13. The minimum Gasteiger partial charge on any atom is -0.408 e. The van der Waals surface area contributed by atoms with Gasteiger partial charge in [0, 0.05) is 6.07 Å². The molecule has 0 saturated carbocycles. The van der Waals surface area contributed by atoms with Crippen molar-refractivity contribution in [2.45, 2.75) is 6.54 Å². The van der Waals surface area contributed by atoms with Crippen molar-refractivity contribution in [3.8, 4) is 5.82 Å². The van der Waals surface area contributed by atoms with Gasteiger partial charge in [-0.2, -0.15) is 5.10 Å². The minimum absolute atomic E-state index is 0.196. The predicted octanol–water partition coefficient (Wildman–Crippen LogP) is 0.604. The molecule has 0 bridgehead atoms. The maximum Gasteiger partial charge on any atom is 0.420 e. The molecule has 0 spiro atoms. The molecule has 0 aliphatic rings. The van der Waals surface area contributed by atoms with Crippen molar-refractivity contribution in [3.63, 3.8) is 0 Å². The van der Waals surface area contributed by atoms with Crippen molar-refractivity contribution in [1.82, 2.24) is 29.3 Å². The Hall–Kier alpha value is -3.82. The number of para-hydroxylation sites is 2. The van der Waals surface area contributed by atoms with E-state index in [-0.39, 0.29) is 12.4 Å². The summed E-state index contributed by atoms with van der Waals surface area (Å²) in [5.74, 6) is -0.278. The van der Waals surface area contributed by atoms with Crippen LogP contribution in [-0.2, 0) is 11.3 Å². The summed E-state index contributed by atoms with van der Waals surface area (Å²) in [6.45, 7) is -0.196. The molecule has 4 rings (SSSR count). The largest absolute Gasteiger partial charge is 0.420 e. The summed E-state index contributed by atoms with van der Waals surface area (Å²) in [6, 6.07) is 8.44. The second-order valence-corrected chi connectivity index (χ2v) is 5.07. The number of oxazole rings is 1. The molecule has 1 N–H and O–H groups in total. The highest BCUT2D eigenvalue weighted by molar-refractivity contribution is 5.90. The zero-order valence-corrected chi connectivity index (χ0v) is 12.7. The van der Waals surface area contributed by atoms with E-state index in [9.17, 15) is 9.59 Å². The van der Waals surface area contributed by atoms with E-state index < -0.39 is 11.7 Å². The van der Waals surface area contributed by atoms with Crippen molar-refractivity contribution in [3.05, 3.63) is 59.9 Å². The number of hydrogen-bond donors (Lipinski definition) is 1. The summed E-state index contributed by atoms with van der Waals surface area (Å²) in [7, 11) is 0. The first-order valence-corrected chi connectivity index (χ1v) is 7.26. The maximum absolute atomic E-state index is 12.3. The molecule has 0 aliphatic carbocycles.